The summed E-state index contributed by atoms with van der Waals surface area (Å²) >= 11 is 0. The van der Waals surface area contributed by atoms with E-state index in [1.807, 2.05) is 44.3 Å². The summed E-state index contributed by atoms with van der Waals surface area (Å²) in [6.45, 7) is 3.61. The highest BCUT2D eigenvalue weighted by Gasteiger charge is 2.12. The van der Waals surface area contributed by atoms with Gasteiger partial charge in [-0.25, -0.2) is 0 Å². The Labute approximate surface area is 79.2 Å². The first-order valence-electron chi connectivity index (χ1n) is 4.41. The molecule has 0 heterocycles. The van der Waals surface area contributed by atoms with Gasteiger partial charge < -0.3 is 4.90 Å². The third-order valence-corrected chi connectivity index (χ3v) is 2.36. The van der Waals surface area contributed by atoms with Gasteiger partial charge in [-0.2, -0.15) is 0 Å². The van der Waals surface area contributed by atoms with Crippen molar-refractivity contribution in [3.8, 4) is 0 Å². The molecule has 1 rings (SSSR count). The average Bonchev–Trinajstić information content (AvgIpc) is 2.17. The second-order valence-corrected chi connectivity index (χ2v) is 3.22. The van der Waals surface area contributed by atoms with Gasteiger partial charge in [0, 0.05) is 14.0 Å². The number of nitrogens with zero attached hydrogens (tertiary/aromatic N) is 1. The molecular weight excluding hydrogens is 162 g/mol. The van der Waals surface area contributed by atoms with Crippen molar-refractivity contribution in [3.63, 3.8) is 0 Å². The molecule has 0 N–H and O–H groups in total. The van der Waals surface area contributed by atoms with Gasteiger partial charge in [0.15, 0.2) is 0 Å². The van der Waals surface area contributed by atoms with Crippen LogP contribution in [0.25, 0.3) is 0 Å². The van der Waals surface area contributed by atoms with Crippen molar-refractivity contribution in [2.45, 2.75) is 19.9 Å². The van der Waals surface area contributed by atoms with Crippen LogP contribution in [0.4, 0.5) is 0 Å². The van der Waals surface area contributed by atoms with E-state index >= 15 is 0 Å². The van der Waals surface area contributed by atoms with Crippen LogP contribution in [0.1, 0.15) is 25.5 Å². The smallest absolute Gasteiger partial charge is 0.219 e. The minimum atomic E-state index is 0.0938. The highest BCUT2D eigenvalue weighted by atomic mass is 16.2. The van der Waals surface area contributed by atoms with E-state index in [1.165, 1.54) is 5.56 Å². The Morgan fingerprint density at radius 1 is 1.31 bits per heavy atom. The van der Waals surface area contributed by atoms with Crippen LogP contribution < -0.4 is 0 Å². The number of amides is 1. The molecule has 0 aliphatic carbocycles. The largest absolute Gasteiger partial charge is 0.339 e. The average molecular weight is 177 g/mol. The van der Waals surface area contributed by atoms with E-state index < -0.39 is 0 Å². The van der Waals surface area contributed by atoms with Crippen LogP contribution in [0.2, 0.25) is 0 Å². The molecule has 0 fully saturated rings. The maximum atomic E-state index is 11.1. The van der Waals surface area contributed by atoms with Crippen LogP contribution in [0.15, 0.2) is 30.3 Å². The zero-order valence-corrected chi connectivity index (χ0v) is 8.32. The van der Waals surface area contributed by atoms with Gasteiger partial charge in [0.05, 0.1) is 6.04 Å². The zero-order chi connectivity index (χ0) is 9.84. The van der Waals surface area contributed by atoms with E-state index in [0.29, 0.717) is 0 Å². The van der Waals surface area contributed by atoms with Gasteiger partial charge in [-0.3, -0.25) is 4.79 Å². The number of carbonyl (C=O) groups excluding carboxylic acids is 1. The van der Waals surface area contributed by atoms with Crippen molar-refractivity contribution >= 4 is 5.91 Å². The predicted octanol–water partition coefficient (Wildman–Crippen LogP) is 2.23. The molecular formula is C11H15NO. The van der Waals surface area contributed by atoms with Crippen LogP contribution in [0.5, 0.6) is 0 Å². The molecule has 0 aromatic heterocycles. The van der Waals surface area contributed by atoms with Crippen LogP contribution in [0, 0.1) is 0 Å². The Bertz CT molecular complexity index is 281. The highest BCUT2D eigenvalue weighted by Crippen LogP contribution is 2.17. The lowest BCUT2D eigenvalue weighted by Gasteiger charge is -2.23. The third kappa shape index (κ3) is 2.31. The minimum Gasteiger partial charge on any atom is -0.339 e. The molecule has 1 atom stereocenters. The first-order valence-corrected chi connectivity index (χ1v) is 4.41. The van der Waals surface area contributed by atoms with Gasteiger partial charge >= 0.3 is 0 Å². The molecule has 0 radical (unpaired) electrons. The maximum Gasteiger partial charge on any atom is 0.219 e. The Kier molecular flexibility index (Phi) is 3.07. The number of hydrogen-bond donors (Lipinski definition) is 0. The molecule has 2 nitrogen and oxygen atoms in total. The number of carbonyl (C=O) groups is 1. The molecule has 1 aromatic rings. The molecule has 0 spiro atoms. The van der Waals surface area contributed by atoms with Gasteiger partial charge in [-0.1, -0.05) is 30.3 Å². The topological polar surface area (TPSA) is 20.3 Å². The van der Waals surface area contributed by atoms with E-state index in [2.05, 4.69) is 0 Å². The van der Waals surface area contributed by atoms with Crippen molar-refractivity contribution in [2.24, 2.45) is 0 Å². The Balaban J connectivity index is 2.79. The molecule has 0 bridgehead atoms. The van der Waals surface area contributed by atoms with E-state index in [0.717, 1.165) is 0 Å². The summed E-state index contributed by atoms with van der Waals surface area (Å²) in [6.07, 6.45) is 0. The summed E-state index contributed by atoms with van der Waals surface area (Å²) in [7, 11) is 1.82. The second-order valence-electron chi connectivity index (χ2n) is 3.22. The highest BCUT2D eigenvalue weighted by molar-refractivity contribution is 5.73. The van der Waals surface area contributed by atoms with Crippen molar-refractivity contribution < 1.29 is 4.79 Å². The van der Waals surface area contributed by atoms with Crippen LogP contribution in [0.3, 0.4) is 0 Å². The van der Waals surface area contributed by atoms with Gasteiger partial charge in [0.1, 0.15) is 0 Å². The number of benzene rings is 1. The van der Waals surface area contributed by atoms with E-state index in [1.54, 1.807) is 11.8 Å². The standard InChI is InChI=1S/C11H15NO/c1-9(12(3)10(2)13)11-7-5-4-6-8-11/h4-9H,1-3H3. The Morgan fingerprint density at radius 2 is 1.85 bits per heavy atom. The molecule has 1 unspecified atom stereocenters. The van der Waals surface area contributed by atoms with Crippen LogP contribution >= 0.6 is 0 Å². The molecule has 2 heteroatoms. The summed E-state index contributed by atoms with van der Waals surface area (Å²) in [6, 6.07) is 10.2. The number of hydrogen-bond acceptors (Lipinski definition) is 1. The zero-order valence-electron chi connectivity index (χ0n) is 8.32. The molecule has 0 aliphatic rings. The molecule has 1 aromatic carbocycles. The van der Waals surface area contributed by atoms with E-state index in [-0.39, 0.29) is 11.9 Å². The lowest BCUT2D eigenvalue weighted by Crippen LogP contribution is -2.26. The minimum absolute atomic E-state index is 0.0938. The van der Waals surface area contributed by atoms with Crippen molar-refractivity contribution in [1.82, 2.24) is 4.90 Å². The summed E-state index contributed by atoms with van der Waals surface area (Å²) < 4.78 is 0. The molecule has 70 valence electrons. The predicted molar refractivity (Wildman–Crippen MR) is 53.3 cm³/mol. The monoisotopic (exact) mass is 177 g/mol. The summed E-state index contributed by atoms with van der Waals surface area (Å²) in [5, 5.41) is 0. The fraction of sp³-hybridized carbons (Fsp3) is 0.364. The van der Waals surface area contributed by atoms with Crippen LogP contribution in [-0.2, 0) is 4.79 Å². The summed E-state index contributed by atoms with van der Waals surface area (Å²) in [5.41, 5.74) is 1.17. The second kappa shape index (κ2) is 4.08. The first kappa shape index (κ1) is 9.78. The SMILES string of the molecule is CC(=O)N(C)C(C)c1ccccc1. The van der Waals surface area contributed by atoms with Gasteiger partial charge in [-0.05, 0) is 12.5 Å². The van der Waals surface area contributed by atoms with Gasteiger partial charge in [0.25, 0.3) is 0 Å². The Hall–Kier alpha value is -1.31. The lowest BCUT2D eigenvalue weighted by atomic mass is 10.1. The van der Waals surface area contributed by atoms with E-state index in [4.69, 9.17) is 0 Å². The van der Waals surface area contributed by atoms with Crippen molar-refractivity contribution in [1.29, 1.82) is 0 Å². The lowest BCUT2D eigenvalue weighted by molar-refractivity contribution is -0.129. The summed E-state index contributed by atoms with van der Waals surface area (Å²) in [4.78, 5) is 12.8. The normalized spacial score (nSPS) is 12.2. The molecule has 0 aliphatic heterocycles. The third-order valence-electron chi connectivity index (χ3n) is 2.36. The molecule has 13 heavy (non-hydrogen) atoms. The molecule has 0 saturated heterocycles. The van der Waals surface area contributed by atoms with Crippen LogP contribution in [-0.4, -0.2) is 17.9 Å². The fourth-order valence-corrected chi connectivity index (χ4v) is 1.23. The van der Waals surface area contributed by atoms with Gasteiger partial charge in [-0.15, -0.1) is 0 Å². The Morgan fingerprint density at radius 3 is 2.31 bits per heavy atom. The molecule has 0 saturated carbocycles. The fourth-order valence-electron chi connectivity index (χ4n) is 1.23. The van der Waals surface area contributed by atoms with Crippen molar-refractivity contribution in [3.05, 3.63) is 35.9 Å². The quantitative estimate of drug-likeness (QED) is 0.678. The number of rotatable bonds is 2. The first-order chi connectivity index (χ1) is 6.13. The maximum absolute atomic E-state index is 11.1. The molecule has 1 amide bonds. The van der Waals surface area contributed by atoms with E-state index in [9.17, 15) is 4.79 Å². The van der Waals surface area contributed by atoms with Gasteiger partial charge in [0.2, 0.25) is 5.91 Å². The summed E-state index contributed by atoms with van der Waals surface area (Å²) in [5.74, 6) is 0.0938. The van der Waals surface area contributed by atoms with Crippen molar-refractivity contribution in [2.75, 3.05) is 7.05 Å².